The van der Waals surface area contributed by atoms with Gasteiger partial charge in [-0.25, -0.2) is 0 Å². The van der Waals surface area contributed by atoms with Crippen LogP contribution in [0.3, 0.4) is 0 Å². The second-order valence-electron chi connectivity index (χ2n) is 5.79. The molecule has 0 radical (unpaired) electrons. The summed E-state index contributed by atoms with van der Waals surface area (Å²) < 4.78 is 16.6. The number of hydrogen-bond acceptors (Lipinski definition) is 5. The van der Waals surface area contributed by atoms with Crippen LogP contribution in [0.2, 0.25) is 5.02 Å². The molecule has 0 spiro atoms. The van der Waals surface area contributed by atoms with Crippen LogP contribution in [0, 0.1) is 5.92 Å². The van der Waals surface area contributed by atoms with Gasteiger partial charge in [-0.05, 0) is 12.5 Å². The van der Waals surface area contributed by atoms with E-state index in [1.807, 2.05) is 13.0 Å². The highest BCUT2D eigenvalue weighted by Crippen LogP contribution is 2.35. The Hall–Kier alpha value is -1.50. The predicted octanol–water partition coefficient (Wildman–Crippen LogP) is 2.67. The van der Waals surface area contributed by atoms with Gasteiger partial charge in [0.2, 0.25) is 0 Å². The van der Waals surface area contributed by atoms with Gasteiger partial charge in [0.25, 0.3) is 0 Å². The van der Waals surface area contributed by atoms with Crippen molar-refractivity contribution in [1.82, 2.24) is 4.90 Å². The molecule has 0 aromatic heterocycles. The zero-order valence-corrected chi connectivity index (χ0v) is 14.8. The number of methoxy groups -OCH3 is 1. The molecule has 6 nitrogen and oxygen atoms in total. The number of nitrogens with zero attached hydrogens (tertiary/aromatic N) is 1. The van der Waals surface area contributed by atoms with Crippen LogP contribution >= 0.6 is 11.6 Å². The summed E-state index contributed by atoms with van der Waals surface area (Å²) in [5, 5.41) is 9.83. The summed E-state index contributed by atoms with van der Waals surface area (Å²) >= 11 is 6.19. The molecular formula is C17H24ClNO5. The molecule has 1 N–H and O–H groups in total. The summed E-state index contributed by atoms with van der Waals surface area (Å²) in [6, 6.07) is 3.57. The monoisotopic (exact) mass is 357 g/mol. The van der Waals surface area contributed by atoms with Gasteiger partial charge in [0, 0.05) is 36.3 Å². The second kappa shape index (κ2) is 9.11. The number of rotatable bonds is 7. The van der Waals surface area contributed by atoms with E-state index in [2.05, 4.69) is 4.90 Å². The van der Waals surface area contributed by atoms with Crippen molar-refractivity contribution in [2.45, 2.75) is 19.9 Å². The number of ether oxygens (including phenoxy) is 3. The molecule has 134 valence electrons. The van der Waals surface area contributed by atoms with E-state index in [0.717, 1.165) is 12.0 Å². The molecule has 7 heteroatoms. The van der Waals surface area contributed by atoms with E-state index in [1.165, 1.54) is 0 Å². The Bertz CT molecular complexity index is 566. The quantitative estimate of drug-likeness (QED) is 0.809. The van der Waals surface area contributed by atoms with Gasteiger partial charge in [0.15, 0.2) is 11.5 Å². The van der Waals surface area contributed by atoms with Crippen molar-refractivity contribution in [2.75, 3.05) is 40.0 Å². The van der Waals surface area contributed by atoms with Crippen molar-refractivity contribution >= 4 is 17.6 Å². The van der Waals surface area contributed by atoms with Crippen LogP contribution in [0.1, 0.15) is 18.9 Å². The number of carboxylic acids is 1. The number of carbonyl (C=O) groups is 1. The first-order valence-electron chi connectivity index (χ1n) is 8.07. The number of halogens is 1. The van der Waals surface area contributed by atoms with Crippen molar-refractivity contribution in [2.24, 2.45) is 5.92 Å². The number of benzene rings is 1. The first-order valence-corrected chi connectivity index (χ1v) is 8.45. The molecular weight excluding hydrogens is 334 g/mol. The topological polar surface area (TPSA) is 68.2 Å². The van der Waals surface area contributed by atoms with Crippen molar-refractivity contribution in [1.29, 1.82) is 0 Å². The predicted molar refractivity (Wildman–Crippen MR) is 91.0 cm³/mol. The summed E-state index contributed by atoms with van der Waals surface area (Å²) in [4.78, 5) is 13.3. The van der Waals surface area contributed by atoms with E-state index in [1.54, 1.807) is 13.2 Å². The van der Waals surface area contributed by atoms with Gasteiger partial charge in [0.05, 0.1) is 32.8 Å². The summed E-state index contributed by atoms with van der Waals surface area (Å²) in [5.41, 5.74) is 0.888. The van der Waals surface area contributed by atoms with Crippen LogP contribution in [0.25, 0.3) is 0 Å². The van der Waals surface area contributed by atoms with Crippen molar-refractivity contribution < 1.29 is 24.1 Å². The Morgan fingerprint density at radius 2 is 2.29 bits per heavy atom. The van der Waals surface area contributed by atoms with E-state index in [0.29, 0.717) is 49.4 Å². The van der Waals surface area contributed by atoms with Gasteiger partial charge in [0.1, 0.15) is 0 Å². The first-order chi connectivity index (χ1) is 11.5. The van der Waals surface area contributed by atoms with Gasteiger partial charge < -0.3 is 19.3 Å². The van der Waals surface area contributed by atoms with Gasteiger partial charge in [-0.2, -0.15) is 0 Å². The lowest BCUT2D eigenvalue weighted by Crippen LogP contribution is -2.33. The Labute approximate surface area is 147 Å². The van der Waals surface area contributed by atoms with Crippen molar-refractivity contribution in [3.05, 3.63) is 22.7 Å². The maximum atomic E-state index is 11.3. The minimum Gasteiger partial charge on any atom is -0.493 e. The lowest BCUT2D eigenvalue weighted by Gasteiger charge is -2.24. The number of hydrogen-bond donors (Lipinski definition) is 1. The molecule has 1 aliphatic heterocycles. The van der Waals surface area contributed by atoms with Crippen LogP contribution in [0.15, 0.2) is 12.1 Å². The summed E-state index contributed by atoms with van der Waals surface area (Å²) in [7, 11) is 1.58. The average Bonchev–Trinajstić information content (AvgIpc) is 2.79. The molecule has 1 aromatic rings. The van der Waals surface area contributed by atoms with Crippen LogP contribution in [-0.2, 0) is 16.1 Å². The minimum atomic E-state index is -0.840. The Kier molecular flexibility index (Phi) is 7.15. The van der Waals surface area contributed by atoms with Crippen LogP contribution in [0.4, 0.5) is 0 Å². The molecule has 1 heterocycles. The van der Waals surface area contributed by atoms with E-state index in [-0.39, 0.29) is 6.61 Å². The highest BCUT2D eigenvalue weighted by Gasteiger charge is 2.25. The molecule has 1 saturated heterocycles. The standard InChI is InChI=1S/C17H24ClNO5/c1-3-5-24-16-12(7-14(18)8-15(16)22-2)9-19-4-6-23-11-13(10-19)17(20)21/h7-8,13H,3-6,9-11H2,1-2H3,(H,20,21). The van der Waals surface area contributed by atoms with Gasteiger partial charge >= 0.3 is 5.97 Å². The second-order valence-corrected chi connectivity index (χ2v) is 6.23. The maximum absolute atomic E-state index is 11.3. The normalized spacial score (nSPS) is 18.9. The van der Waals surface area contributed by atoms with Gasteiger partial charge in [-0.1, -0.05) is 18.5 Å². The fourth-order valence-corrected chi connectivity index (χ4v) is 2.90. The molecule has 0 amide bonds. The molecule has 0 bridgehead atoms. The van der Waals surface area contributed by atoms with E-state index >= 15 is 0 Å². The fraction of sp³-hybridized carbons (Fsp3) is 0.588. The minimum absolute atomic E-state index is 0.240. The third-order valence-corrected chi connectivity index (χ3v) is 4.08. The highest BCUT2D eigenvalue weighted by atomic mass is 35.5. The Morgan fingerprint density at radius 1 is 1.50 bits per heavy atom. The highest BCUT2D eigenvalue weighted by molar-refractivity contribution is 6.30. The smallest absolute Gasteiger partial charge is 0.310 e. The molecule has 0 saturated carbocycles. The summed E-state index contributed by atoms with van der Waals surface area (Å²) in [5.74, 6) is -0.116. The van der Waals surface area contributed by atoms with E-state index in [4.69, 9.17) is 25.8 Å². The molecule has 1 unspecified atom stereocenters. The lowest BCUT2D eigenvalue weighted by molar-refractivity contribution is -0.143. The number of aliphatic carboxylic acids is 1. The van der Waals surface area contributed by atoms with Crippen LogP contribution < -0.4 is 9.47 Å². The molecule has 24 heavy (non-hydrogen) atoms. The largest absolute Gasteiger partial charge is 0.493 e. The van der Waals surface area contributed by atoms with Crippen LogP contribution in [0.5, 0.6) is 11.5 Å². The SMILES string of the molecule is CCCOc1c(CN2CCOCC(C(=O)O)C2)cc(Cl)cc1OC. The molecule has 1 aromatic carbocycles. The molecule has 1 atom stereocenters. The zero-order valence-electron chi connectivity index (χ0n) is 14.1. The van der Waals surface area contributed by atoms with Crippen LogP contribution in [-0.4, -0.2) is 56.0 Å². The molecule has 2 rings (SSSR count). The lowest BCUT2D eigenvalue weighted by atomic mass is 10.1. The van der Waals surface area contributed by atoms with E-state index < -0.39 is 11.9 Å². The third kappa shape index (κ3) is 5.00. The summed E-state index contributed by atoms with van der Waals surface area (Å²) in [6.45, 7) is 4.97. The van der Waals surface area contributed by atoms with Gasteiger partial charge in [-0.15, -0.1) is 0 Å². The molecule has 0 aliphatic carbocycles. The fourth-order valence-electron chi connectivity index (χ4n) is 2.67. The van der Waals surface area contributed by atoms with Crippen molar-refractivity contribution in [3.8, 4) is 11.5 Å². The maximum Gasteiger partial charge on any atom is 0.310 e. The number of carboxylic acid groups (broad SMARTS) is 1. The zero-order chi connectivity index (χ0) is 17.5. The Morgan fingerprint density at radius 3 is 2.96 bits per heavy atom. The first kappa shape index (κ1) is 18.8. The van der Waals surface area contributed by atoms with E-state index in [9.17, 15) is 9.90 Å². The molecule has 1 aliphatic rings. The molecule has 1 fully saturated rings. The van der Waals surface area contributed by atoms with Gasteiger partial charge in [-0.3, -0.25) is 9.69 Å². The Balaban J connectivity index is 2.22. The van der Waals surface area contributed by atoms with Crippen molar-refractivity contribution in [3.63, 3.8) is 0 Å². The summed E-state index contributed by atoms with van der Waals surface area (Å²) in [6.07, 6.45) is 0.879. The average molecular weight is 358 g/mol. The third-order valence-electron chi connectivity index (χ3n) is 3.86.